The number of anilines is 1. The van der Waals surface area contributed by atoms with Gasteiger partial charge in [0.05, 0.1) is 34.5 Å². The van der Waals surface area contributed by atoms with Crippen LogP contribution in [0, 0.1) is 6.92 Å². The van der Waals surface area contributed by atoms with Crippen molar-refractivity contribution in [3.63, 3.8) is 0 Å². The van der Waals surface area contributed by atoms with E-state index >= 15 is 0 Å². The van der Waals surface area contributed by atoms with Gasteiger partial charge in [-0.05, 0) is 44.5 Å². The maximum absolute atomic E-state index is 10.2. The molecule has 4 aromatic heterocycles. The molecule has 7 nitrogen and oxygen atoms in total. The van der Waals surface area contributed by atoms with Crippen molar-refractivity contribution in [2.75, 3.05) is 11.4 Å². The van der Waals surface area contributed by atoms with Gasteiger partial charge >= 0.3 is 0 Å². The molecular weight excluding hydrogens is 364 g/mol. The SMILES string of the molecule is Cc1cccn2nc([C@H]3c4[nH]cnc4CCN3c3ccc(C(C)(C)O)cn3)cc12. The van der Waals surface area contributed by atoms with Crippen molar-refractivity contribution in [1.82, 2.24) is 24.6 Å². The lowest BCUT2D eigenvalue weighted by molar-refractivity contribution is 0.0782. The molecule has 0 amide bonds. The van der Waals surface area contributed by atoms with Gasteiger partial charge in [0.1, 0.15) is 11.9 Å². The number of aromatic amines is 1. The molecule has 1 aliphatic rings. The quantitative estimate of drug-likeness (QED) is 0.563. The third-order valence-electron chi connectivity index (χ3n) is 5.69. The summed E-state index contributed by atoms with van der Waals surface area (Å²) in [6, 6.07) is 10.1. The topological polar surface area (TPSA) is 82.3 Å². The minimum atomic E-state index is -0.914. The van der Waals surface area contributed by atoms with Crippen LogP contribution in [0.3, 0.4) is 0 Å². The number of aliphatic hydroxyl groups is 1. The first-order valence-electron chi connectivity index (χ1n) is 9.84. The number of pyridine rings is 2. The fourth-order valence-corrected chi connectivity index (χ4v) is 4.06. The monoisotopic (exact) mass is 388 g/mol. The Balaban J connectivity index is 1.61. The minimum Gasteiger partial charge on any atom is -0.386 e. The van der Waals surface area contributed by atoms with Gasteiger partial charge < -0.3 is 15.0 Å². The number of H-pyrrole nitrogens is 1. The molecule has 0 spiro atoms. The molecule has 1 aliphatic heterocycles. The second-order valence-electron chi connectivity index (χ2n) is 8.16. The molecule has 0 saturated carbocycles. The third-order valence-corrected chi connectivity index (χ3v) is 5.69. The van der Waals surface area contributed by atoms with Gasteiger partial charge in [0, 0.05) is 30.9 Å². The van der Waals surface area contributed by atoms with Crippen LogP contribution in [0.25, 0.3) is 5.52 Å². The maximum atomic E-state index is 10.2. The largest absolute Gasteiger partial charge is 0.386 e. The van der Waals surface area contributed by atoms with Crippen LogP contribution < -0.4 is 4.90 Å². The Hall–Kier alpha value is -3.19. The van der Waals surface area contributed by atoms with E-state index in [1.54, 1.807) is 26.4 Å². The van der Waals surface area contributed by atoms with Crippen molar-refractivity contribution < 1.29 is 5.11 Å². The van der Waals surface area contributed by atoms with Gasteiger partial charge in [-0.1, -0.05) is 12.1 Å². The zero-order valence-corrected chi connectivity index (χ0v) is 16.8. The van der Waals surface area contributed by atoms with E-state index in [1.807, 2.05) is 28.9 Å². The van der Waals surface area contributed by atoms with Crippen molar-refractivity contribution in [2.24, 2.45) is 0 Å². The summed E-state index contributed by atoms with van der Waals surface area (Å²) in [4.78, 5) is 14.8. The Bertz CT molecular complexity index is 1170. The fourth-order valence-electron chi connectivity index (χ4n) is 4.06. The molecule has 5 heterocycles. The van der Waals surface area contributed by atoms with Crippen LogP contribution in [-0.4, -0.2) is 36.2 Å². The number of hydrogen-bond donors (Lipinski definition) is 2. The molecular formula is C22H24N6O. The Kier molecular flexibility index (Phi) is 3.96. The molecule has 4 aromatic rings. The molecule has 148 valence electrons. The summed E-state index contributed by atoms with van der Waals surface area (Å²) in [5.74, 6) is 0.858. The predicted octanol–water partition coefficient (Wildman–Crippen LogP) is 3.14. The van der Waals surface area contributed by atoms with Crippen molar-refractivity contribution in [2.45, 2.75) is 38.8 Å². The normalized spacial score (nSPS) is 17.0. The fraction of sp³-hybridized carbons (Fsp3) is 0.318. The number of rotatable bonds is 3. The number of fused-ring (bicyclic) bond motifs is 2. The molecule has 0 radical (unpaired) electrons. The van der Waals surface area contributed by atoms with Crippen molar-refractivity contribution in [1.29, 1.82) is 0 Å². The number of nitrogens with one attached hydrogen (secondary N) is 1. The van der Waals surface area contributed by atoms with Gasteiger partial charge in [-0.15, -0.1) is 0 Å². The van der Waals surface area contributed by atoms with Crippen LogP contribution in [0.1, 0.15) is 48.1 Å². The number of nitrogens with zero attached hydrogens (tertiary/aromatic N) is 5. The summed E-state index contributed by atoms with van der Waals surface area (Å²) < 4.78 is 1.93. The molecule has 7 heteroatoms. The van der Waals surface area contributed by atoms with E-state index in [9.17, 15) is 5.11 Å². The second-order valence-corrected chi connectivity index (χ2v) is 8.16. The predicted molar refractivity (Wildman–Crippen MR) is 111 cm³/mol. The lowest BCUT2D eigenvalue weighted by Gasteiger charge is -2.35. The summed E-state index contributed by atoms with van der Waals surface area (Å²) >= 11 is 0. The van der Waals surface area contributed by atoms with Gasteiger partial charge in [0.25, 0.3) is 0 Å². The van der Waals surface area contributed by atoms with Crippen LogP contribution in [0.4, 0.5) is 5.82 Å². The highest BCUT2D eigenvalue weighted by atomic mass is 16.3. The van der Waals surface area contributed by atoms with Crippen LogP contribution in [-0.2, 0) is 12.0 Å². The Morgan fingerprint density at radius 1 is 1.21 bits per heavy atom. The van der Waals surface area contributed by atoms with E-state index in [0.717, 1.165) is 46.9 Å². The van der Waals surface area contributed by atoms with Crippen LogP contribution in [0.2, 0.25) is 0 Å². The lowest BCUT2D eigenvalue weighted by Crippen LogP contribution is -2.37. The van der Waals surface area contributed by atoms with E-state index in [4.69, 9.17) is 5.10 Å². The molecule has 29 heavy (non-hydrogen) atoms. The zero-order chi connectivity index (χ0) is 20.2. The first-order chi connectivity index (χ1) is 13.9. The maximum Gasteiger partial charge on any atom is 0.129 e. The first-order valence-corrected chi connectivity index (χ1v) is 9.84. The summed E-state index contributed by atoms with van der Waals surface area (Å²) in [6.45, 7) is 6.43. The average molecular weight is 388 g/mol. The minimum absolute atomic E-state index is 0.0963. The lowest BCUT2D eigenvalue weighted by atomic mass is 9.98. The summed E-state index contributed by atoms with van der Waals surface area (Å²) in [5, 5.41) is 15.1. The number of aromatic nitrogens is 5. The van der Waals surface area contributed by atoms with Crippen molar-refractivity contribution in [3.05, 3.63) is 77.3 Å². The van der Waals surface area contributed by atoms with E-state index in [-0.39, 0.29) is 6.04 Å². The number of aryl methyl sites for hydroxylation is 1. The van der Waals surface area contributed by atoms with Gasteiger partial charge in [0.15, 0.2) is 0 Å². The molecule has 0 bridgehead atoms. The third kappa shape index (κ3) is 2.98. The van der Waals surface area contributed by atoms with E-state index in [0.29, 0.717) is 0 Å². The van der Waals surface area contributed by atoms with Crippen molar-refractivity contribution in [3.8, 4) is 0 Å². The molecule has 0 fully saturated rings. The Morgan fingerprint density at radius 2 is 2.07 bits per heavy atom. The second kappa shape index (κ2) is 6.42. The van der Waals surface area contributed by atoms with Gasteiger partial charge in [-0.3, -0.25) is 0 Å². The molecule has 0 saturated heterocycles. The van der Waals surface area contributed by atoms with Gasteiger partial charge in [0.2, 0.25) is 0 Å². The molecule has 1 atom stereocenters. The zero-order valence-electron chi connectivity index (χ0n) is 16.8. The highest BCUT2D eigenvalue weighted by Gasteiger charge is 2.33. The van der Waals surface area contributed by atoms with Crippen LogP contribution in [0.5, 0.6) is 0 Å². The number of hydrogen-bond acceptors (Lipinski definition) is 5. The molecule has 0 unspecified atom stereocenters. The molecule has 2 N–H and O–H groups in total. The summed E-state index contributed by atoms with van der Waals surface area (Å²) in [7, 11) is 0. The molecule has 5 rings (SSSR count). The van der Waals surface area contributed by atoms with Gasteiger partial charge in [-0.25, -0.2) is 14.5 Å². The molecule has 0 aliphatic carbocycles. The first kappa shape index (κ1) is 17.9. The van der Waals surface area contributed by atoms with E-state index in [2.05, 4.69) is 38.9 Å². The Morgan fingerprint density at radius 3 is 2.79 bits per heavy atom. The molecule has 0 aromatic carbocycles. The highest BCUT2D eigenvalue weighted by molar-refractivity contribution is 5.57. The average Bonchev–Trinajstić information content (AvgIpc) is 3.34. The standard InChI is InChI=1S/C22H24N6O/c1-14-5-4-9-28-18(14)11-17(26-28)21-20-16(24-13-25-20)8-10-27(21)19-7-6-15(12-23-19)22(2,3)29/h4-7,9,11-13,21,29H,8,10H2,1-3H3,(H,24,25)/t21-/m0/s1. The number of imidazole rings is 1. The van der Waals surface area contributed by atoms with Crippen LogP contribution in [0.15, 0.2) is 49.1 Å². The van der Waals surface area contributed by atoms with E-state index < -0.39 is 5.60 Å². The summed E-state index contributed by atoms with van der Waals surface area (Å²) in [6.07, 6.45) is 6.33. The Labute approximate surface area is 169 Å². The smallest absolute Gasteiger partial charge is 0.129 e. The van der Waals surface area contributed by atoms with Crippen LogP contribution >= 0.6 is 0 Å². The van der Waals surface area contributed by atoms with Crippen molar-refractivity contribution >= 4 is 11.3 Å². The van der Waals surface area contributed by atoms with E-state index in [1.165, 1.54) is 5.56 Å². The summed E-state index contributed by atoms with van der Waals surface area (Å²) in [5.41, 5.74) is 5.25. The highest BCUT2D eigenvalue weighted by Crippen LogP contribution is 2.36. The van der Waals surface area contributed by atoms with Gasteiger partial charge in [-0.2, -0.15) is 5.10 Å².